The van der Waals surface area contributed by atoms with E-state index in [-0.39, 0.29) is 5.91 Å². The third kappa shape index (κ3) is 3.23. The number of fused-ring (bicyclic) bond motifs is 1. The topological polar surface area (TPSA) is 95.5 Å². The van der Waals surface area contributed by atoms with Gasteiger partial charge in [0.05, 0.1) is 33.8 Å². The fraction of sp³-hybridized carbons (Fsp3) is 0.235. The van der Waals surface area contributed by atoms with E-state index in [1.165, 1.54) is 0 Å². The van der Waals surface area contributed by atoms with Crippen molar-refractivity contribution in [3.8, 4) is 0 Å². The van der Waals surface area contributed by atoms with E-state index < -0.39 is 0 Å². The number of nitrogens with one attached hydrogen (secondary N) is 1. The number of hydrogen-bond acceptors (Lipinski definition) is 5. The Kier molecular flexibility index (Phi) is 4.48. The molecular weight excluding hydrogens is 412 g/mol. The molecule has 1 amide bonds. The lowest BCUT2D eigenvalue weighted by atomic mass is 10.3. The maximum absolute atomic E-state index is 12.7. The number of para-hydroxylation sites is 1. The van der Waals surface area contributed by atoms with E-state index in [2.05, 4.69) is 41.8 Å². The zero-order valence-corrected chi connectivity index (χ0v) is 16.4. The fourth-order valence-corrected chi connectivity index (χ4v) is 3.32. The van der Waals surface area contributed by atoms with E-state index >= 15 is 0 Å². The van der Waals surface area contributed by atoms with Gasteiger partial charge in [0, 0.05) is 6.54 Å². The van der Waals surface area contributed by atoms with E-state index in [1.54, 1.807) is 26.4 Å². The molecule has 4 aromatic rings. The van der Waals surface area contributed by atoms with Crippen LogP contribution in [0.1, 0.15) is 23.1 Å². The first kappa shape index (κ1) is 17.4. The van der Waals surface area contributed by atoms with Crippen molar-refractivity contribution in [3.63, 3.8) is 0 Å². The number of benzene rings is 1. The highest BCUT2D eigenvalue weighted by atomic mass is 79.9. The van der Waals surface area contributed by atoms with Crippen molar-refractivity contribution in [2.45, 2.75) is 27.1 Å². The minimum absolute atomic E-state index is 0.241. The molecule has 0 bridgehead atoms. The quantitative estimate of drug-likeness (QED) is 0.527. The van der Waals surface area contributed by atoms with Crippen LogP contribution >= 0.6 is 15.9 Å². The summed E-state index contributed by atoms with van der Waals surface area (Å²) in [6.07, 6.45) is 3.35. The number of hydrogen-bond donors (Lipinski definition) is 1. The zero-order valence-electron chi connectivity index (χ0n) is 14.8. The number of carbonyl (C=O) groups is 1. The molecule has 0 atom stereocenters. The van der Waals surface area contributed by atoms with Crippen molar-refractivity contribution in [2.75, 3.05) is 5.32 Å². The molecule has 0 fully saturated rings. The van der Waals surface area contributed by atoms with Gasteiger partial charge in [0.2, 0.25) is 0 Å². The van der Waals surface area contributed by atoms with Gasteiger partial charge in [-0.1, -0.05) is 17.3 Å². The van der Waals surface area contributed by atoms with Crippen molar-refractivity contribution in [1.29, 1.82) is 0 Å². The van der Waals surface area contributed by atoms with E-state index in [0.29, 0.717) is 29.1 Å². The van der Waals surface area contributed by atoms with Crippen molar-refractivity contribution in [3.05, 3.63) is 52.5 Å². The van der Waals surface area contributed by atoms with Crippen LogP contribution in [0.2, 0.25) is 0 Å². The lowest BCUT2D eigenvalue weighted by Gasteiger charge is -2.05. The number of aryl methyl sites for hydroxylation is 2. The third-order valence-electron chi connectivity index (χ3n) is 4.16. The number of amides is 1. The highest BCUT2D eigenvalue weighted by Gasteiger charge is 2.20. The van der Waals surface area contributed by atoms with E-state index in [9.17, 15) is 4.79 Å². The van der Waals surface area contributed by atoms with Gasteiger partial charge in [0.25, 0.3) is 5.91 Å². The molecule has 0 aliphatic rings. The van der Waals surface area contributed by atoms with Gasteiger partial charge in [-0.25, -0.2) is 9.36 Å². The van der Waals surface area contributed by atoms with E-state index in [4.69, 9.17) is 0 Å². The number of rotatable bonds is 5. The Morgan fingerprint density at radius 2 is 2.07 bits per heavy atom. The number of nitrogens with zero attached hydrogens (tertiary/aromatic N) is 7. The monoisotopic (exact) mass is 428 g/mol. The standard InChI is InChI=1S/C17H17BrN8O/c1-3-25-16(15(18)11(2)22-25)17(27)20-12-8-19-24(9-12)10-26-14-7-5-4-6-13(14)21-23-26/h4-9H,3,10H2,1-2H3,(H,20,27). The molecular formula is C17H17BrN8O. The van der Waals surface area contributed by atoms with Gasteiger partial charge in [-0.2, -0.15) is 10.2 Å². The summed E-state index contributed by atoms with van der Waals surface area (Å²) in [5, 5.41) is 19.8. The predicted octanol–water partition coefficient (Wildman–Crippen LogP) is 2.67. The van der Waals surface area contributed by atoms with Gasteiger partial charge in [-0.05, 0) is 41.9 Å². The summed E-state index contributed by atoms with van der Waals surface area (Å²) < 4.78 is 5.80. The SMILES string of the molecule is CCn1nc(C)c(Br)c1C(=O)Nc1cnn(Cn2nnc3ccccc32)c1. The maximum Gasteiger partial charge on any atom is 0.275 e. The summed E-state index contributed by atoms with van der Waals surface area (Å²) in [5.74, 6) is -0.241. The van der Waals surface area contributed by atoms with Crippen LogP contribution in [0.25, 0.3) is 11.0 Å². The van der Waals surface area contributed by atoms with Gasteiger partial charge >= 0.3 is 0 Å². The molecule has 0 unspecified atom stereocenters. The molecule has 9 nitrogen and oxygen atoms in total. The van der Waals surface area contributed by atoms with Crippen LogP contribution in [-0.4, -0.2) is 40.5 Å². The van der Waals surface area contributed by atoms with Crippen LogP contribution in [0.3, 0.4) is 0 Å². The molecule has 0 saturated heterocycles. The van der Waals surface area contributed by atoms with Crippen molar-refractivity contribution in [1.82, 2.24) is 34.6 Å². The molecule has 27 heavy (non-hydrogen) atoms. The Balaban J connectivity index is 1.52. The summed E-state index contributed by atoms with van der Waals surface area (Å²) in [6.45, 7) is 4.80. The summed E-state index contributed by atoms with van der Waals surface area (Å²) in [6, 6.07) is 7.72. The first-order valence-corrected chi connectivity index (χ1v) is 9.21. The van der Waals surface area contributed by atoms with Crippen LogP contribution in [0.4, 0.5) is 5.69 Å². The largest absolute Gasteiger partial charge is 0.318 e. The third-order valence-corrected chi connectivity index (χ3v) is 5.11. The Morgan fingerprint density at radius 1 is 1.26 bits per heavy atom. The molecule has 3 heterocycles. The van der Waals surface area contributed by atoms with Gasteiger partial charge < -0.3 is 5.32 Å². The van der Waals surface area contributed by atoms with Crippen LogP contribution < -0.4 is 5.32 Å². The predicted molar refractivity (Wildman–Crippen MR) is 103 cm³/mol. The second-order valence-corrected chi connectivity index (χ2v) is 6.80. The molecule has 10 heteroatoms. The molecule has 0 saturated carbocycles. The van der Waals surface area contributed by atoms with Crippen molar-refractivity contribution < 1.29 is 4.79 Å². The second-order valence-electron chi connectivity index (χ2n) is 6.01. The minimum atomic E-state index is -0.241. The second kappa shape index (κ2) is 6.95. The van der Waals surface area contributed by atoms with Gasteiger partial charge in [-0.15, -0.1) is 5.10 Å². The average Bonchev–Trinajstić information content (AvgIpc) is 3.35. The molecule has 3 aromatic heterocycles. The molecule has 0 spiro atoms. The summed E-state index contributed by atoms with van der Waals surface area (Å²) in [7, 11) is 0. The number of anilines is 1. The van der Waals surface area contributed by atoms with Gasteiger partial charge in [-0.3, -0.25) is 9.48 Å². The molecule has 4 rings (SSSR count). The number of carbonyl (C=O) groups excluding carboxylic acids is 1. The maximum atomic E-state index is 12.7. The lowest BCUT2D eigenvalue weighted by molar-refractivity contribution is 0.101. The van der Waals surface area contributed by atoms with Gasteiger partial charge in [0.15, 0.2) is 0 Å². The Hall–Kier alpha value is -3.01. The molecule has 0 aliphatic heterocycles. The van der Waals surface area contributed by atoms with Crippen LogP contribution in [0.5, 0.6) is 0 Å². The van der Waals surface area contributed by atoms with Crippen LogP contribution in [0, 0.1) is 6.92 Å². The van der Waals surface area contributed by atoms with Crippen molar-refractivity contribution >= 4 is 38.6 Å². The Morgan fingerprint density at radius 3 is 2.89 bits per heavy atom. The molecule has 0 aliphatic carbocycles. The minimum Gasteiger partial charge on any atom is -0.318 e. The first-order chi connectivity index (χ1) is 13.1. The fourth-order valence-electron chi connectivity index (χ4n) is 2.86. The molecule has 1 N–H and O–H groups in total. The number of halogens is 1. The summed E-state index contributed by atoms with van der Waals surface area (Å²) in [5.41, 5.74) is 3.61. The average molecular weight is 429 g/mol. The smallest absolute Gasteiger partial charge is 0.275 e. The van der Waals surface area contributed by atoms with Crippen molar-refractivity contribution in [2.24, 2.45) is 0 Å². The van der Waals surface area contributed by atoms with Crippen LogP contribution in [-0.2, 0) is 13.2 Å². The molecule has 138 valence electrons. The van der Waals surface area contributed by atoms with E-state index in [1.807, 2.05) is 38.1 Å². The molecule has 1 aromatic carbocycles. The lowest BCUT2D eigenvalue weighted by Crippen LogP contribution is -2.17. The normalized spacial score (nSPS) is 11.2. The summed E-state index contributed by atoms with van der Waals surface area (Å²) >= 11 is 3.44. The first-order valence-electron chi connectivity index (χ1n) is 8.41. The highest BCUT2D eigenvalue weighted by Crippen LogP contribution is 2.22. The van der Waals surface area contributed by atoms with Crippen LogP contribution in [0.15, 0.2) is 41.1 Å². The Labute approximate surface area is 163 Å². The highest BCUT2D eigenvalue weighted by molar-refractivity contribution is 9.10. The summed E-state index contributed by atoms with van der Waals surface area (Å²) in [4.78, 5) is 12.7. The van der Waals surface area contributed by atoms with Gasteiger partial charge in [0.1, 0.15) is 17.9 Å². The zero-order chi connectivity index (χ0) is 19.0. The number of aromatic nitrogens is 7. The Bertz CT molecular complexity index is 1130. The molecule has 0 radical (unpaired) electrons. The van der Waals surface area contributed by atoms with E-state index in [0.717, 1.165) is 16.7 Å².